The molecule has 0 radical (unpaired) electrons. The second kappa shape index (κ2) is 8.23. The lowest BCUT2D eigenvalue weighted by molar-refractivity contribution is 0.179. The fourth-order valence-electron chi connectivity index (χ4n) is 2.12. The van der Waals surface area contributed by atoms with Gasteiger partial charge < -0.3 is 20.2 Å². The fraction of sp³-hybridized carbons (Fsp3) is 0.400. The number of halogens is 1. The van der Waals surface area contributed by atoms with Gasteiger partial charge in [0.2, 0.25) is 0 Å². The van der Waals surface area contributed by atoms with E-state index in [-0.39, 0.29) is 30.0 Å². The standard InChI is InChI=1S/C15H21N3O2.HI/c1-10(9-19-3)18-15(16)17-8-14-11(2)12-6-4-5-7-13(12)20-14;/h4-7,10H,8-9H2,1-3H3,(H3,16,17,18);1H. The summed E-state index contributed by atoms with van der Waals surface area (Å²) in [7, 11) is 1.66. The van der Waals surface area contributed by atoms with Crippen molar-refractivity contribution in [1.82, 2.24) is 5.32 Å². The van der Waals surface area contributed by atoms with Gasteiger partial charge in [0.05, 0.1) is 6.61 Å². The summed E-state index contributed by atoms with van der Waals surface area (Å²) in [5, 5.41) is 4.19. The molecule has 0 saturated carbocycles. The summed E-state index contributed by atoms with van der Waals surface area (Å²) in [6, 6.07) is 8.09. The number of benzene rings is 1. The van der Waals surface area contributed by atoms with Crippen LogP contribution in [-0.4, -0.2) is 25.7 Å². The van der Waals surface area contributed by atoms with Gasteiger partial charge in [-0.15, -0.1) is 24.0 Å². The highest BCUT2D eigenvalue weighted by Gasteiger charge is 2.09. The van der Waals surface area contributed by atoms with Crippen LogP contribution in [0.3, 0.4) is 0 Å². The van der Waals surface area contributed by atoms with Gasteiger partial charge in [-0.25, -0.2) is 4.99 Å². The minimum absolute atomic E-state index is 0. The molecule has 0 aliphatic heterocycles. The Bertz CT molecular complexity index is 610. The van der Waals surface area contributed by atoms with E-state index in [0.29, 0.717) is 19.1 Å². The Balaban J connectivity index is 0.00000220. The zero-order valence-corrected chi connectivity index (χ0v) is 14.9. The van der Waals surface area contributed by atoms with E-state index in [2.05, 4.69) is 10.3 Å². The number of guanidine groups is 1. The molecular formula is C15H22IN3O2. The second-order valence-corrected chi connectivity index (χ2v) is 4.85. The maximum atomic E-state index is 5.84. The third-order valence-corrected chi connectivity index (χ3v) is 3.15. The topological polar surface area (TPSA) is 72.8 Å². The van der Waals surface area contributed by atoms with E-state index < -0.39 is 0 Å². The number of nitrogens with zero attached hydrogens (tertiary/aromatic N) is 1. The van der Waals surface area contributed by atoms with Crippen LogP contribution in [0.25, 0.3) is 11.0 Å². The highest BCUT2D eigenvalue weighted by molar-refractivity contribution is 14.0. The number of ether oxygens (including phenoxy) is 1. The van der Waals surface area contributed by atoms with E-state index in [1.54, 1.807) is 7.11 Å². The highest BCUT2D eigenvalue weighted by Crippen LogP contribution is 2.25. The predicted molar refractivity (Wildman–Crippen MR) is 96.2 cm³/mol. The smallest absolute Gasteiger partial charge is 0.189 e. The van der Waals surface area contributed by atoms with Crippen LogP contribution in [0.15, 0.2) is 33.7 Å². The minimum Gasteiger partial charge on any atom is -0.459 e. The SMILES string of the molecule is COCC(C)NC(N)=NCc1oc2ccccc2c1C.I. The summed E-state index contributed by atoms with van der Waals surface area (Å²) in [5.41, 5.74) is 7.84. The Kier molecular flexibility index (Phi) is 6.97. The number of hydrogen-bond donors (Lipinski definition) is 2. The van der Waals surface area contributed by atoms with E-state index in [0.717, 1.165) is 22.3 Å². The van der Waals surface area contributed by atoms with Crippen LogP contribution < -0.4 is 11.1 Å². The number of nitrogens with two attached hydrogens (primary N) is 1. The molecule has 0 spiro atoms. The first-order valence-electron chi connectivity index (χ1n) is 6.64. The molecular weight excluding hydrogens is 381 g/mol. The number of para-hydroxylation sites is 1. The average molecular weight is 403 g/mol. The Morgan fingerprint density at radius 1 is 1.43 bits per heavy atom. The van der Waals surface area contributed by atoms with E-state index in [9.17, 15) is 0 Å². The van der Waals surface area contributed by atoms with Crippen molar-refractivity contribution in [2.45, 2.75) is 26.4 Å². The van der Waals surface area contributed by atoms with Gasteiger partial charge in [0.1, 0.15) is 17.9 Å². The zero-order chi connectivity index (χ0) is 14.5. The van der Waals surface area contributed by atoms with Gasteiger partial charge in [-0.2, -0.15) is 0 Å². The van der Waals surface area contributed by atoms with Gasteiger partial charge in [0.15, 0.2) is 5.96 Å². The molecule has 0 aliphatic rings. The number of hydrogen-bond acceptors (Lipinski definition) is 3. The number of aryl methyl sites for hydroxylation is 1. The summed E-state index contributed by atoms with van der Waals surface area (Å²) in [6.07, 6.45) is 0. The minimum atomic E-state index is 0. The molecule has 0 aliphatic carbocycles. The molecule has 3 N–H and O–H groups in total. The molecule has 2 rings (SSSR count). The van der Waals surface area contributed by atoms with Crippen molar-refractivity contribution in [2.75, 3.05) is 13.7 Å². The maximum Gasteiger partial charge on any atom is 0.189 e. The quantitative estimate of drug-likeness (QED) is 0.458. The molecule has 1 unspecified atom stereocenters. The molecule has 1 atom stereocenters. The van der Waals surface area contributed by atoms with Crippen LogP contribution in [-0.2, 0) is 11.3 Å². The number of rotatable bonds is 5. The normalized spacial score (nSPS) is 13.0. The van der Waals surface area contributed by atoms with Gasteiger partial charge in [0, 0.05) is 24.1 Å². The van der Waals surface area contributed by atoms with Crippen molar-refractivity contribution < 1.29 is 9.15 Å². The van der Waals surface area contributed by atoms with Gasteiger partial charge in [-0.05, 0) is 19.9 Å². The summed E-state index contributed by atoms with van der Waals surface area (Å²) in [6.45, 7) is 5.03. The van der Waals surface area contributed by atoms with Gasteiger partial charge in [-0.3, -0.25) is 0 Å². The van der Waals surface area contributed by atoms with Crippen LogP contribution in [0.5, 0.6) is 0 Å². The van der Waals surface area contributed by atoms with Crippen molar-refractivity contribution in [2.24, 2.45) is 10.7 Å². The van der Waals surface area contributed by atoms with E-state index >= 15 is 0 Å². The molecule has 0 fully saturated rings. The molecule has 0 bridgehead atoms. The molecule has 2 aromatic rings. The third-order valence-electron chi connectivity index (χ3n) is 3.15. The van der Waals surface area contributed by atoms with Crippen LogP contribution in [0, 0.1) is 6.92 Å². The van der Waals surface area contributed by atoms with Crippen molar-refractivity contribution in [3.05, 3.63) is 35.6 Å². The molecule has 0 amide bonds. The molecule has 6 heteroatoms. The van der Waals surface area contributed by atoms with Crippen molar-refractivity contribution in [3.63, 3.8) is 0 Å². The first-order valence-corrected chi connectivity index (χ1v) is 6.64. The molecule has 1 aromatic heterocycles. The van der Waals surface area contributed by atoms with Crippen LogP contribution >= 0.6 is 24.0 Å². The van der Waals surface area contributed by atoms with Gasteiger partial charge >= 0.3 is 0 Å². The Labute approximate surface area is 142 Å². The number of nitrogens with one attached hydrogen (secondary N) is 1. The number of furan rings is 1. The molecule has 116 valence electrons. The van der Waals surface area contributed by atoms with E-state index in [4.69, 9.17) is 14.9 Å². The number of aliphatic imine (C=N–C) groups is 1. The van der Waals surface area contributed by atoms with Gasteiger partial charge in [0.25, 0.3) is 0 Å². The first kappa shape index (κ1) is 17.8. The molecule has 1 aromatic carbocycles. The van der Waals surface area contributed by atoms with E-state index in [1.165, 1.54) is 0 Å². The second-order valence-electron chi connectivity index (χ2n) is 4.85. The van der Waals surface area contributed by atoms with Crippen LogP contribution in [0.4, 0.5) is 0 Å². The summed E-state index contributed by atoms with van der Waals surface area (Å²) in [4.78, 5) is 4.31. The number of fused-ring (bicyclic) bond motifs is 1. The van der Waals surface area contributed by atoms with Crippen molar-refractivity contribution >= 4 is 40.9 Å². The Morgan fingerprint density at radius 3 is 2.81 bits per heavy atom. The summed E-state index contributed by atoms with van der Waals surface area (Å²) >= 11 is 0. The first-order chi connectivity index (χ1) is 9.61. The maximum absolute atomic E-state index is 5.84. The lowest BCUT2D eigenvalue weighted by Crippen LogP contribution is -2.40. The van der Waals surface area contributed by atoms with E-state index in [1.807, 2.05) is 38.1 Å². The molecule has 21 heavy (non-hydrogen) atoms. The van der Waals surface area contributed by atoms with Crippen LogP contribution in [0.1, 0.15) is 18.2 Å². The highest BCUT2D eigenvalue weighted by atomic mass is 127. The monoisotopic (exact) mass is 403 g/mol. The molecule has 5 nitrogen and oxygen atoms in total. The van der Waals surface area contributed by atoms with Crippen molar-refractivity contribution in [3.8, 4) is 0 Å². The van der Waals surface area contributed by atoms with Crippen LogP contribution in [0.2, 0.25) is 0 Å². The number of methoxy groups -OCH3 is 1. The van der Waals surface area contributed by atoms with Gasteiger partial charge in [-0.1, -0.05) is 18.2 Å². The molecule has 1 heterocycles. The average Bonchev–Trinajstić information content (AvgIpc) is 2.74. The summed E-state index contributed by atoms with van der Waals surface area (Å²) in [5.74, 6) is 1.24. The predicted octanol–water partition coefficient (Wildman–Crippen LogP) is 2.80. The Hall–Kier alpha value is -1.28. The third kappa shape index (κ3) is 4.60. The lowest BCUT2D eigenvalue weighted by atomic mass is 10.1. The summed E-state index contributed by atoms with van der Waals surface area (Å²) < 4.78 is 10.8. The Morgan fingerprint density at radius 2 is 2.14 bits per heavy atom. The lowest BCUT2D eigenvalue weighted by Gasteiger charge is -2.12. The van der Waals surface area contributed by atoms with Crippen molar-refractivity contribution in [1.29, 1.82) is 0 Å². The fourth-order valence-corrected chi connectivity index (χ4v) is 2.12. The zero-order valence-electron chi connectivity index (χ0n) is 12.6. The largest absolute Gasteiger partial charge is 0.459 e. The molecule has 0 saturated heterocycles.